The van der Waals surface area contributed by atoms with E-state index >= 15 is 0 Å². The van der Waals surface area contributed by atoms with Crippen LogP contribution in [0.5, 0.6) is 0 Å². The molecule has 0 saturated heterocycles. The quantitative estimate of drug-likeness (QED) is 0.660. The fraction of sp³-hybridized carbons (Fsp3) is 0.240. The summed E-state index contributed by atoms with van der Waals surface area (Å²) >= 11 is 0. The average molecular weight is 399 g/mol. The van der Waals surface area contributed by atoms with Gasteiger partial charge in [0.15, 0.2) is 0 Å². The van der Waals surface area contributed by atoms with Gasteiger partial charge in [0.1, 0.15) is 5.82 Å². The predicted molar refractivity (Wildman–Crippen MR) is 114 cm³/mol. The van der Waals surface area contributed by atoms with Crippen LogP contribution in [0.2, 0.25) is 0 Å². The Morgan fingerprint density at radius 2 is 1.90 bits per heavy atom. The molecule has 0 aliphatic carbocycles. The molecule has 0 unspecified atom stereocenters. The summed E-state index contributed by atoms with van der Waals surface area (Å²) in [6.07, 6.45) is 2.19. The van der Waals surface area contributed by atoms with Crippen LogP contribution in [-0.2, 0) is 30.8 Å². The standard InChI is InChI=1S/C25H22FN3O/c1-15-5-17(8-22(26)6-15)13-29-14-21-10-23-20(9-19(21)11-24(29)30)12-28-25(23)18-3-4-27-16(2)7-18/h3-10H,11-14H2,1-2H3. The van der Waals surface area contributed by atoms with Crippen molar-refractivity contribution in [3.63, 3.8) is 0 Å². The number of amides is 1. The van der Waals surface area contributed by atoms with Gasteiger partial charge in [-0.1, -0.05) is 12.1 Å². The highest BCUT2D eigenvalue weighted by molar-refractivity contribution is 6.15. The fourth-order valence-electron chi connectivity index (χ4n) is 4.43. The zero-order valence-electron chi connectivity index (χ0n) is 17.1. The Morgan fingerprint density at radius 3 is 2.70 bits per heavy atom. The second kappa shape index (κ2) is 7.17. The monoisotopic (exact) mass is 399 g/mol. The molecule has 0 bridgehead atoms. The number of aromatic nitrogens is 1. The van der Waals surface area contributed by atoms with Crippen LogP contribution in [0.25, 0.3) is 0 Å². The summed E-state index contributed by atoms with van der Waals surface area (Å²) in [5.74, 6) is -0.186. The normalized spacial score (nSPS) is 15.1. The minimum atomic E-state index is -0.263. The number of benzene rings is 2. The highest BCUT2D eigenvalue weighted by atomic mass is 19.1. The Kier molecular flexibility index (Phi) is 4.46. The summed E-state index contributed by atoms with van der Waals surface area (Å²) in [6, 6.07) is 13.3. The second-order valence-electron chi connectivity index (χ2n) is 8.19. The van der Waals surface area contributed by atoms with Gasteiger partial charge >= 0.3 is 0 Å². The van der Waals surface area contributed by atoms with E-state index < -0.39 is 0 Å². The number of halogens is 1. The lowest BCUT2D eigenvalue weighted by Crippen LogP contribution is -2.36. The van der Waals surface area contributed by atoms with Crippen LogP contribution in [0.3, 0.4) is 0 Å². The van der Waals surface area contributed by atoms with Gasteiger partial charge in [-0.25, -0.2) is 4.39 Å². The molecule has 5 rings (SSSR count). The van der Waals surface area contributed by atoms with Gasteiger partial charge in [-0.05, 0) is 72.0 Å². The zero-order chi connectivity index (χ0) is 20.8. The third kappa shape index (κ3) is 3.41. The van der Waals surface area contributed by atoms with Gasteiger partial charge in [0.05, 0.1) is 18.7 Å². The molecular formula is C25H22FN3O. The number of carbonyl (C=O) groups is 1. The van der Waals surface area contributed by atoms with Gasteiger partial charge in [-0.2, -0.15) is 0 Å². The smallest absolute Gasteiger partial charge is 0.227 e. The number of fused-ring (bicyclic) bond motifs is 2. The van der Waals surface area contributed by atoms with Crippen LogP contribution in [0.15, 0.2) is 53.7 Å². The summed E-state index contributed by atoms with van der Waals surface area (Å²) in [7, 11) is 0. The number of aryl methyl sites for hydroxylation is 2. The molecule has 0 N–H and O–H groups in total. The van der Waals surface area contributed by atoms with Gasteiger partial charge in [-0.15, -0.1) is 0 Å². The molecule has 30 heavy (non-hydrogen) atoms. The van der Waals surface area contributed by atoms with Crippen molar-refractivity contribution >= 4 is 11.6 Å². The van der Waals surface area contributed by atoms with Crippen molar-refractivity contribution in [1.29, 1.82) is 0 Å². The second-order valence-corrected chi connectivity index (χ2v) is 8.19. The van der Waals surface area contributed by atoms with E-state index in [0.717, 1.165) is 44.8 Å². The summed E-state index contributed by atoms with van der Waals surface area (Å²) in [4.78, 5) is 23.6. The zero-order valence-corrected chi connectivity index (χ0v) is 17.1. The number of aliphatic imine (C=N–C) groups is 1. The minimum absolute atomic E-state index is 0.0771. The molecular weight excluding hydrogens is 377 g/mol. The fourth-order valence-corrected chi connectivity index (χ4v) is 4.43. The summed E-state index contributed by atoms with van der Waals surface area (Å²) in [5, 5.41) is 0. The number of hydrogen-bond acceptors (Lipinski definition) is 3. The molecule has 3 heterocycles. The SMILES string of the molecule is Cc1cc(F)cc(CN2Cc3cc4c(cc3CC2=O)CN=C4c2ccnc(C)c2)c1. The van der Waals surface area contributed by atoms with Crippen LogP contribution in [-0.4, -0.2) is 21.5 Å². The van der Waals surface area contributed by atoms with E-state index in [1.54, 1.807) is 0 Å². The molecule has 0 saturated carbocycles. The molecule has 5 heteroatoms. The maximum Gasteiger partial charge on any atom is 0.227 e. The number of nitrogens with zero attached hydrogens (tertiary/aromatic N) is 3. The molecule has 2 aliphatic rings. The van der Waals surface area contributed by atoms with Crippen LogP contribution in [0, 0.1) is 19.7 Å². The molecule has 3 aromatic rings. The van der Waals surface area contributed by atoms with E-state index in [0.29, 0.717) is 26.1 Å². The van der Waals surface area contributed by atoms with Gasteiger partial charge in [0, 0.05) is 36.1 Å². The first-order chi connectivity index (χ1) is 14.5. The first kappa shape index (κ1) is 18.7. The highest BCUT2D eigenvalue weighted by Gasteiger charge is 2.27. The maximum absolute atomic E-state index is 13.8. The lowest BCUT2D eigenvalue weighted by molar-refractivity contribution is -0.132. The van der Waals surface area contributed by atoms with Gasteiger partial charge in [0.2, 0.25) is 5.91 Å². The number of hydrogen-bond donors (Lipinski definition) is 0. The first-order valence-corrected chi connectivity index (χ1v) is 10.1. The van der Waals surface area contributed by atoms with Crippen molar-refractivity contribution in [3.8, 4) is 0 Å². The van der Waals surface area contributed by atoms with Crippen molar-refractivity contribution in [2.75, 3.05) is 0 Å². The van der Waals surface area contributed by atoms with Crippen molar-refractivity contribution < 1.29 is 9.18 Å². The molecule has 2 aromatic carbocycles. The molecule has 0 spiro atoms. The van der Waals surface area contributed by atoms with E-state index in [1.807, 2.05) is 37.1 Å². The van der Waals surface area contributed by atoms with Crippen LogP contribution < -0.4 is 0 Å². The number of rotatable bonds is 3. The molecule has 4 nitrogen and oxygen atoms in total. The molecule has 0 atom stereocenters. The van der Waals surface area contributed by atoms with Gasteiger partial charge in [0.25, 0.3) is 0 Å². The topological polar surface area (TPSA) is 45.6 Å². The highest BCUT2D eigenvalue weighted by Crippen LogP contribution is 2.30. The van der Waals surface area contributed by atoms with Gasteiger partial charge < -0.3 is 4.90 Å². The lowest BCUT2D eigenvalue weighted by atomic mass is 9.91. The molecule has 0 fully saturated rings. The molecule has 2 aliphatic heterocycles. The molecule has 0 radical (unpaired) electrons. The van der Waals surface area contributed by atoms with E-state index in [9.17, 15) is 9.18 Å². The van der Waals surface area contributed by atoms with Crippen LogP contribution in [0.4, 0.5) is 4.39 Å². The molecule has 150 valence electrons. The van der Waals surface area contributed by atoms with E-state index in [-0.39, 0.29) is 11.7 Å². The predicted octanol–water partition coefficient (Wildman–Crippen LogP) is 4.27. The van der Waals surface area contributed by atoms with Crippen molar-refractivity contribution in [2.45, 2.75) is 39.9 Å². The lowest BCUT2D eigenvalue weighted by Gasteiger charge is -2.29. The Hall–Kier alpha value is -3.34. The summed E-state index contributed by atoms with van der Waals surface area (Å²) < 4.78 is 13.8. The Balaban J connectivity index is 1.45. The third-order valence-electron chi connectivity index (χ3n) is 5.79. The summed E-state index contributed by atoms with van der Waals surface area (Å²) in [5.41, 5.74) is 9.22. The van der Waals surface area contributed by atoms with Crippen LogP contribution in [0.1, 0.15) is 44.6 Å². The first-order valence-electron chi connectivity index (χ1n) is 10.1. The van der Waals surface area contributed by atoms with Crippen molar-refractivity contribution in [2.24, 2.45) is 4.99 Å². The van der Waals surface area contributed by atoms with Crippen LogP contribution >= 0.6 is 0 Å². The van der Waals surface area contributed by atoms with E-state index in [2.05, 4.69) is 23.2 Å². The maximum atomic E-state index is 13.8. The third-order valence-corrected chi connectivity index (χ3v) is 5.79. The minimum Gasteiger partial charge on any atom is -0.334 e. The molecule has 1 amide bonds. The van der Waals surface area contributed by atoms with E-state index in [1.165, 1.54) is 17.7 Å². The van der Waals surface area contributed by atoms with Crippen molar-refractivity contribution in [1.82, 2.24) is 9.88 Å². The summed E-state index contributed by atoms with van der Waals surface area (Å²) in [6.45, 7) is 5.42. The van der Waals surface area contributed by atoms with E-state index in [4.69, 9.17) is 4.99 Å². The largest absolute Gasteiger partial charge is 0.334 e. The van der Waals surface area contributed by atoms with Gasteiger partial charge in [-0.3, -0.25) is 14.8 Å². The Morgan fingerprint density at radius 1 is 1.03 bits per heavy atom. The number of carbonyl (C=O) groups excluding carboxylic acids is 1. The van der Waals surface area contributed by atoms with Crippen molar-refractivity contribution in [3.05, 3.63) is 99.1 Å². The Labute approximate surface area is 175 Å². The number of pyridine rings is 1. The average Bonchev–Trinajstić information content (AvgIpc) is 3.09. The Bertz CT molecular complexity index is 1190. The molecule has 1 aromatic heterocycles.